The fourth-order valence-corrected chi connectivity index (χ4v) is 2.75. The van der Waals surface area contributed by atoms with Gasteiger partial charge in [0.15, 0.2) is 23.3 Å². The number of aliphatic hydroxyl groups excluding tert-OH is 1. The van der Waals surface area contributed by atoms with Crippen LogP contribution >= 0.6 is 0 Å². The molecule has 1 fully saturated rings. The van der Waals surface area contributed by atoms with Gasteiger partial charge in [-0.3, -0.25) is 4.79 Å². The second kappa shape index (κ2) is 8.51. The van der Waals surface area contributed by atoms with Gasteiger partial charge in [-0.05, 0) is 25.8 Å². The SMILES string of the molecule is CCOC(=O)C(=CNCC1(CO)CCC1)C(=O)c1cc(F)c(F)c(F)c1F. The monoisotopic (exact) mass is 389 g/mol. The standard InChI is InChI=1S/C18H19F4NO4/c1-2-27-17(26)11(7-23-8-18(9-24)4-3-5-18)16(25)10-6-12(19)14(21)15(22)13(10)20/h6-7,23-24H,2-5,8-9H2,1H3. The number of rotatable bonds is 8. The van der Waals surface area contributed by atoms with Crippen LogP contribution in [0, 0.1) is 28.7 Å². The number of Topliss-reactive ketones (excluding diaryl/α,β-unsaturated/α-hetero) is 1. The Balaban J connectivity index is 2.32. The predicted molar refractivity (Wildman–Crippen MR) is 86.7 cm³/mol. The van der Waals surface area contributed by atoms with Crippen molar-refractivity contribution in [3.8, 4) is 0 Å². The summed E-state index contributed by atoms with van der Waals surface area (Å²) in [5.74, 6) is -10.4. The van der Waals surface area contributed by atoms with E-state index in [0.29, 0.717) is 0 Å². The lowest BCUT2D eigenvalue weighted by Gasteiger charge is -2.40. The van der Waals surface area contributed by atoms with Crippen LogP contribution in [0.1, 0.15) is 36.5 Å². The van der Waals surface area contributed by atoms with E-state index in [-0.39, 0.29) is 25.8 Å². The average Bonchev–Trinajstić information content (AvgIpc) is 2.61. The van der Waals surface area contributed by atoms with Gasteiger partial charge in [0.25, 0.3) is 0 Å². The molecule has 1 aliphatic rings. The molecular formula is C18H19F4NO4. The number of ketones is 1. The van der Waals surface area contributed by atoms with Crippen LogP contribution in [0.5, 0.6) is 0 Å². The zero-order chi connectivity index (χ0) is 20.2. The summed E-state index contributed by atoms with van der Waals surface area (Å²) in [5, 5.41) is 12.1. The number of hydrogen-bond donors (Lipinski definition) is 2. The topological polar surface area (TPSA) is 75.6 Å². The largest absolute Gasteiger partial charge is 0.462 e. The first-order chi connectivity index (χ1) is 12.8. The first-order valence-electron chi connectivity index (χ1n) is 8.35. The number of benzene rings is 1. The molecule has 1 aliphatic carbocycles. The number of halogens is 4. The summed E-state index contributed by atoms with van der Waals surface area (Å²) in [6, 6.07) is 0.185. The van der Waals surface area contributed by atoms with Crippen molar-refractivity contribution in [3.05, 3.63) is 46.7 Å². The van der Waals surface area contributed by atoms with Crippen LogP contribution in [0.25, 0.3) is 0 Å². The van der Waals surface area contributed by atoms with Gasteiger partial charge in [-0.15, -0.1) is 0 Å². The highest BCUT2D eigenvalue weighted by Crippen LogP contribution is 2.39. The molecule has 0 atom stereocenters. The molecule has 0 radical (unpaired) electrons. The van der Waals surface area contributed by atoms with Crippen molar-refractivity contribution in [1.82, 2.24) is 5.32 Å². The average molecular weight is 389 g/mol. The van der Waals surface area contributed by atoms with Crippen LogP contribution in [0.3, 0.4) is 0 Å². The smallest absolute Gasteiger partial charge is 0.343 e. The Kier molecular flexibility index (Phi) is 6.59. The molecule has 1 aromatic rings. The Bertz CT molecular complexity index is 770. The van der Waals surface area contributed by atoms with Gasteiger partial charge < -0.3 is 15.2 Å². The first-order valence-corrected chi connectivity index (χ1v) is 8.35. The molecule has 5 nitrogen and oxygen atoms in total. The van der Waals surface area contributed by atoms with Gasteiger partial charge in [-0.2, -0.15) is 0 Å². The minimum atomic E-state index is -2.15. The molecule has 0 saturated heterocycles. The minimum absolute atomic E-state index is 0.0977. The van der Waals surface area contributed by atoms with E-state index in [1.54, 1.807) is 0 Å². The lowest BCUT2D eigenvalue weighted by molar-refractivity contribution is -0.138. The third kappa shape index (κ3) is 4.29. The Morgan fingerprint density at radius 1 is 1.22 bits per heavy atom. The van der Waals surface area contributed by atoms with Crippen molar-refractivity contribution in [1.29, 1.82) is 0 Å². The molecule has 0 aromatic heterocycles. The number of aliphatic hydroxyl groups is 1. The molecule has 0 amide bonds. The van der Waals surface area contributed by atoms with Gasteiger partial charge >= 0.3 is 5.97 Å². The van der Waals surface area contributed by atoms with Gasteiger partial charge in [0.1, 0.15) is 5.57 Å². The summed E-state index contributed by atoms with van der Waals surface area (Å²) in [5.41, 5.74) is -2.22. The summed E-state index contributed by atoms with van der Waals surface area (Å²) in [7, 11) is 0. The highest BCUT2D eigenvalue weighted by molar-refractivity contribution is 6.24. The van der Waals surface area contributed by atoms with Crippen LogP contribution in [-0.2, 0) is 9.53 Å². The third-order valence-electron chi connectivity index (χ3n) is 4.56. The fraction of sp³-hybridized carbons (Fsp3) is 0.444. The van der Waals surface area contributed by atoms with Gasteiger partial charge in [-0.1, -0.05) is 6.42 Å². The number of nitrogens with one attached hydrogen (secondary N) is 1. The second-order valence-corrected chi connectivity index (χ2v) is 6.35. The highest BCUT2D eigenvalue weighted by atomic mass is 19.2. The van der Waals surface area contributed by atoms with E-state index in [9.17, 15) is 32.3 Å². The van der Waals surface area contributed by atoms with Crippen LogP contribution in [0.15, 0.2) is 17.8 Å². The van der Waals surface area contributed by atoms with E-state index in [2.05, 4.69) is 5.32 Å². The molecule has 27 heavy (non-hydrogen) atoms. The van der Waals surface area contributed by atoms with Crippen LogP contribution < -0.4 is 5.32 Å². The van der Waals surface area contributed by atoms with Crippen molar-refractivity contribution < 1.29 is 37.0 Å². The van der Waals surface area contributed by atoms with Gasteiger partial charge in [0, 0.05) is 18.2 Å². The van der Waals surface area contributed by atoms with E-state index < -0.39 is 51.6 Å². The molecule has 0 bridgehead atoms. The quantitative estimate of drug-likeness (QED) is 0.105. The molecule has 0 unspecified atom stereocenters. The van der Waals surface area contributed by atoms with E-state index in [1.807, 2.05) is 0 Å². The summed E-state index contributed by atoms with van der Waals surface area (Å²) in [6.07, 6.45) is 3.37. The number of hydrogen-bond acceptors (Lipinski definition) is 5. The maximum Gasteiger partial charge on any atom is 0.343 e. The molecule has 2 N–H and O–H groups in total. The van der Waals surface area contributed by atoms with E-state index >= 15 is 0 Å². The molecule has 1 saturated carbocycles. The second-order valence-electron chi connectivity index (χ2n) is 6.35. The highest BCUT2D eigenvalue weighted by Gasteiger charge is 2.36. The Labute approximate surface area is 153 Å². The fourth-order valence-electron chi connectivity index (χ4n) is 2.75. The number of carbonyl (C=O) groups is 2. The molecule has 0 aliphatic heterocycles. The Hall–Kier alpha value is -2.42. The van der Waals surface area contributed by atoms with Crippen molar-refractivity contribution in [3.63, 3.8) is 0 Å². The van der Waals surface area contributed by atoms with Crippen LogP contribution in [0.2, 0.25) is 0 Å². The number of carbonyl (C=O) groups excluding carboxylic acids is 2. The van der Waals surface area contributed by atoms with Crippen LogP contribution in [0.4, 0.5) is 17.6 Å². The maximum atomic E-state index is 13.9. The summed E-state index contributed by atoms with van der Waals surface area (Å²) < 4.78 is 58.5. The van der Waals surface area contributed by atoms with Gasteiger partial charge in [-0.25, -0.2) is 22.4 Å². The molecular weight excluding hydrogens is 370 g/mol. The molecule has 9 heteroatoms. The lowest BCUT2D eigenvalue weighted by Crippen LogP contribution is -2.41. The predicted octanol–water partition coefficient (Wildman–Crippen LogP) is 2.62. The summed E-state index contributed by atoms with van der Waals surface area (Å²) >= 11 is 0. The van der Waals surface area contributed by atoms with Crippen LogP contribution in [-0.4, -0.2) is 36.6 Å². The summed E-state index contributed by atoms with van der Waals surface area (Å²) in [6.45, 7) is 1.51. The molecule has 148 valence electrons. The molecule has 2 rings (SSSR count). The lowest BCUT2D eigenvalue weighted by atomic mass is 9.69. The minimum Gasteiger partial charge on any atom is -0.462 e. The first kappa shape index (κ1) is 20.9. The van der Waals surface area contributed by atoms with E-state index in [1.165, 1.54) is 6.92 Å². The molecule has 0 heterocycles. The van der Waals surface area contributed by atoms with Gasteiger partial charge in [0.05, 0.1) is 18.8 Å². The van der Waals surface area contributed by atoms with Crippen molar-refractivity contribution in [2.24, 2.45) is 5.41 Å². The third-order valence-corrected chi connectivity index (χ3v) is 4.56. The Morgan fingerprint density at radius 3 is 2.41 bits per heavy atom. The van der Waals surface area contributed by atoms with E-state index in [0.717, 1.165) is 25.5 Å². The van der Waals surface area contributed by atoms with E-state index in [4.69, 9.17) is 4.74 Å². The Morgan fingerprint density at radius 2 is 1.89 bits per heavy atom. The molecule has 0 spiro atoms. The zero-order valence-electron chi connectivity index (χ0n) is 14.6. The number of ether oxygens (including phenoxy) is 1. The van der Waals surface area contributed by atoms with Crippen molar-refractivity contribution >= 4 is 11.8 Å². The molecule has 1 aromatic carbocycles. The maximum absolute atomic E-state index is 13.9. The van der Waals surface area contributed by atoms with Crippen molar-refractivity contribution in [2.45, 2.75) is 26.2 Å². The van der Waals surface area contributed by atoms with Gasteiger partial charge in [0.2, 0.25) is 5.78 Å². The summed E-state index contributed by atoms with van der Waals surface area (Å²) in [4.78, 5) is 24.5. The van der Waals surface area contributed by atoms with Crippen molar-refractivity contribution in [2.75, 3.05) is 19.8 Å². The normalized spacial score (nSPS) is 15.9. The number of esters is 1. The zero-order valence-corrected chi connectivity index (χ0v) is 14.6.